The first-order valence-corrected chi connectivity index (χ1v) is 9.07. The molecule has 4 rings (SSSR count). The molecule has 0 amide bonds. The van der Waals surface area contributed by atoms with Gasteiger partial charge in [-0.25, -0.2) is 9.97 Å². The first-order valence-electron chi connectivity index (χ1n) is 9.07. The first kappa shape index (κ1) is 17.7. The van der Waals surface area contributed by atoms with Gasteiger partial charge in [0.05, 0.1) is 0 Å². The van der Waals surface area contributed by atoms with Crippen LogP contribution in [0.5, 0.6) is 5.75 Å². The standard InChI is InChI=1S/C22H20N4O2/c1-2-4-18(5-3-1)8-11-22-25-20(15-28-22)14-27-21-9-6-19(7-10-21)12-13-26-17-23-16-24-26/h1-11,15-17H,12-14H2. The molecule has 0 aliphatic rings. The van der Waals surface area contributed by atoms with E-state index in [1.165, 1.54) is 5.56 Å². The molecule has 0 radical (unpaired) electrons. The molecule has 0 fully saturated rings. The second-order valence-electron chi connectivity index (χ2n) is 6.26. The van der Waals surface area contributed by atoms with Crippen molar-refractivity contribution >= 4 is 12.2 Å². The monoisotopic (exact) mass is 372 g/mol. The lowest BCUT2D eigenvalue weighted by atomic mass is 10.1. The van der Waals surface area contributed by atoms with Gasteiger partial charge in [-0.1, -0.05) is 42.5 Å². The maximum atomic E-state index is 5.80. The van der Waals surface area contributed by atoms with Gasteiger partial charge < -0.3 is 9.15 Å². The van der Waals surface area contributed by atoms with Gasteiger partial charge in [-0.15, -0.1) is 0 Å². The third kappa shape index (κ3) is 4.94. The molecule has 0 saturated carbocycles. The lowest BCUT2D eigenvalue weighted by molar-refractivity contribution is 0.301. The number of rotatable bonds is 8. The van der Waals surface area contributed by atoms with Crippen molar-refractivity contribution < 1.29 is 9.15 Å². The highest BCUT2D eigenvalue weighted by atomic mass is 16.5. The van der Waals surface area contributed by atoms with Crippen LogP contribution in [0.25, 0.3) is 12.2 Å². The number of hydrogen-bond acceptors (Lipinski definition) is 5. The zero-order chi connectivity index (χ0) is 19.0. The Balaban J connectivity index is 1.27. The fourth-order valence-corrected chi connectivity index (χ4v) is 2.70. The Morgan fingerprint density at radius 1 is 1.00 bits per heavy atom. The van der Waals surface area contributed by atoms with E-state index in [2.05, 4.69) is 27.2 Å². The largest absolute Gasteiger partial charge is 0.487 e. The van der Waals surface area contributed by atoms with Crippen LogP contribution in [0.4, 0.5) is 0 Å². The molecule has 2 aromatic heterocycles. The van der Waals surface area contributed by atoms with Crippen molar-refractivity contribution in [1.82, 2.24) is 19.7 Å². The number of ether oxygens (including phenoxy) is 1. The second kappa shape index (κ2) is 8.81. The summed E-state index contributed by atoms with van der Waals surface area (Å²) >= 11 is 0. The molecular weight excluding hydrogens is 352 g/mol. The third-order valence-electron chi connectivity index (χ3n) is 4.19. The molecular formula is C22H20N4O2. The molecule has 6 heteroatoms. The van der Waals surface area contributed by atoms with Crippen LogP contribution in [0, 0.1) is 0 Å². The van der Waals surface area contributed by atoms with Crippen molar-refractivity contribution in [3.05, 3.63) is 96.2 Å². The van der Waals surface area contributed by atoms with Gasteiger partial charge in [0.25, 0.3) is 0 Å². The average Bonchev–Trinajstić information content (AvgIpc) is 3.43. The van der Waals surface area contributed by atoms with Crippen LogP contribution in [-0.2, 0) is 19.6 Å². The van der Waals surface area contributed by atoms with Crippen molar-refractivity contribution in [3.63, 3.8) is 0 Å². The first-order chi connectivity index (χ1) is 13.8. The molecule has 0 aliphatic heterocycles. The normalized spacial score (nSPS) is 11.1. The molecule has 0 aliphatic carbocycles. The van der Waals surface area contributed by atoms with E-state index >= 15 is 0 Å². The molecule has 0 atom stereocenters. The smallest absolute Gasteiger partial charge is 0.218 e. The molecule has 28 heavy (non-hydrogen) atoms. The van der Waals surface area contributed by atoms with Crippen LogP contribution in [0.15, 0.2) is 77.9 Å². The summed E-state index contributed by atoms with van der Waals surface area (Å²) in [4.78, 5) is 8.37. The average molecular weight is 372 g/mol. The van der Waals surface area contributed by atoms with E-state index in [-0.39, 0.29) is 0 Å². The van der Waals surface area contributed by atoms with E-state index in [0.29, 0.717) is 12.5 Å². The van der Waals surface area contributed by atoms with E-state index < -0.39 is 0 Å². The zero-order valence-corrected chi connectivity index (χ0v) is 15.3. The Morgan fingerprint density at radius 2 is 1.86 bits per heavy atom. The van der Waals surface area contributed by atoms with Crippen molar-refractivity contribution in [2.24, 2.45) is 0 Å². The topological polar surface area (TPSA) is 66.0 Å². The summed E-state index contributed by atoms with van der Waals surface area (Å²) in [7, 11) is 0. The van der Waals surface area contributed by atoms with Crippen molar-refractivity contribution in [2.75, 3.05) is 0 Å². The Morgan fingerprint density at radius 3 is 2.64 bits per heavy atom. The molecule has 2 heterocycles. The molecule has 0 unspecified atom stereocenters. The highest BCUT2D eigenvalue weighted by Gasteiger charge is 2.03. The summed E-state index contributed by atoms with van der Waals surface area (Å²) in [5, 5.41) is 4.10. The Bertz CT molecular complexity index is 1010. The van der Waals surface area contributed by atoms with E-state index in [1.54, 1.807) is 18.9 Å². The highest BCUT2D eigenvalue weighted by Crippen LogP contribution is 2.15. The summed E-state index contributed by atoms with van der Waals surface area (Å²) in [6.07, 6.45) is 9.60. The van der Waals surface area contributed by atoms with Crippen LogP contribution in [-0.4, -0.2) is 19.7 Å². The van der Waals surface area contributed by atoms with Gasteiger partial charge in [-0.3, -0.25) is 4.68 Å². The fraction of sp³-hybridized carbons (Fsp3) is 0.136. The minimum absolute atomic E-state index is 0.362. The molecule has 0 spiro atoms. The van der Waals surface area contributed by atoms with Gasteiger partial charge in [0.15, 0.2) is 0 Å². The second-order valence-corrected chi connectivity index (χ2v) is 6.26. The van der Waals surface area contributed by atoms with Gasteiger partial charge in [0.2, 0.25) is 5.89 Å². The predicted octanol–water partition coefficient (Wildman–Crippen LogP) is 4.26. The lowest BCUT2D eigenvalue weighted by Crippen LogP contribution is -2.01. The zero-order valence-electron chi connectivity index (χ0n) is 15.3. The van der Waals surface area contributed by atoms with Gasteiger partial charge in [-0.2, -0.15) is 5.10 Å². The highest BCUT2D eigenvalue weighted by molar-refractivity contribution is 5.65. The van der Waals surface area contributed by atoms with Crippen LogP contribution in [0.1, 0.15) is 22.7 Å². The van der Waals surface area contributed by atoms with Crippen LogP contribution in [0.3, 0.4) is 0 Å². The van der Waals surface area contributed by atoms with Gasteiger partial charge in [0.1, 0.15) is 37.0 Å². The number of aryl methyl sites for hydroxylation is 2. The van der Waals surface area contributed by atoms with Gasteiger partial charge >= 0.3 is 0 Å². The van der Waals surface area contributed by atoms with Crippen LogP contribution >= 0.6 is 0 Å². The predicted molar refractivity (Wildman–Crippen MR) is 106 cm³/mol. The van der Waals surface area contributed by atoms with E-state index in [9.17, 15) is 0 Å². The third-order valence-corrected chi connectivity index (χ3v) is 4.19. The summed E-state index contributed by atoms with van der Waals surface area (Å²) < 4.78 is 13.1. The summed E-state index contributed by atoms with van der Waals surface area (Å²) in [6, 6.07) is 18.1. The van der Waals surface area contributed by atoms with Gasteiger partial charge in [-0.05, 0) is 35.8 Å². The van der Waals surface area contributed by atoms with Crippen molar-refractivity contribution in [2.45, 2.75) is 19.6 Å². The minimum Gasteiger partial charge on any atom is -0.487 e. The number of oxazole rings is 1. The summed E-state index contributed by atoms with van der Waals surface area (Å²) in [5.74, 6) is 1.36. The molecule has 2 aromatic carbocycles. The van der Waals surface area contributed by atoms with Crippen molar-refractivity contribution in [1.29, 1.82) is 0 Å². The van der Waals surface area contributed by atoms with Crippen molar-refractivity contribution in [3.8, 4) is 5.75 Å². The van der Waals surface area contributed by atoms with Crippen LogP contribution in [0.2, 0.25) is 0 Å². The quantitative estimate of drug-likeness (QED) is 0.462. The molecule has 6 nitrogen and oxygen atoms in total. The van der Waals surface area contributed by atoms with E-state index in [0.717, 1.165) is 30.0 Å². The number of nitrogens with zero attached hydrogens (tertiary/aromatic N) is 4. The summed E-state index contributed by atoms with van der Waals surface area (Å²) in [5.41, 5.74) is 3.07. The Hall–Kier alpha value is -3.67. The number of aromatic nitrogens is 4. The maximum absolute atomic E-state index is 5.80. The van der Waals surface area contributed by atoms with E-state index in [4.69, 9.17) is 9.15 Å². The summed E-state index contributed by atoms with van der Waals surface area (Å²) in [6.45, 7) is 1.17. The lowest BCUT2D eigenvalue weighted by Gasteiger charge is -2.06. The van der Waals surface area contributed by atoms with E-state index in [1.807, 2.05) is 59.3 Å². The molecule has 0 bridgehead atoms. The minimum atomic E-state index is 0.362. The Labute approximate surface area is 163 Å². The van der Waals surface area contributed by atoms with Crippen LogP contribution < -0.4 is 4.74 Å². The van der Waals surface area contributed by atoms with Gasteiger partial charge in [0, 0.05) is 12.6 Å². The number of hydrogen-bond donors (Lipinski definition) is 0. The maximum Gasteiger partial charge on any atom is 0.218 e. The molecule has 0 N–H and O–H groups in total. The fourth-order valence-electron chi connectivity index (χ4n) is 2.70. The SMILES string of the molecule is C(=Cc1nc(COc2ccc(CCn3cncn3)cc2)co1)c1ccccc1. The Kier molecular flexibility index (Phi) is 5.58. The molecule has 4 aromatic rings. The molecule has 140 valence electrons. The number of benzene rings is 2. The molecule has 0 saturated heterocycles.